The molecule has 0 aliphatic carbocycles. The van der Waals surface area contributed by atoms with E-state index in [1.807, 2.05) is 0 Å². The highest BCUT2D eigenvalue weighted by Crippen LogP contribution is 2.19. The van der Waals surface area contributed by atoms with Gasteiger partial charge >= 0.3 is 0 Å². The van der Waals surface area contributed by atoms with Gasteiger partial charge in [-0.2, -0.15) is 0 Å². The predicted molar refractivity (Wildman–Crippen MR) is 50.6 cm³/mol. The van der Waals surface area contributed by atoms with Crippen molar-refractivity contribution in [1.82, 2.24) is 4.90 Å². The van der Waals surface area contributed by atoms with Crippen molar-refractivity contribution in [1.29, 1.82) is 0 Å². The minimum Gasteiger partial charge on any atom is -0.411 e. The van der Waals surface area contributed by atoms with Crippen LogP contribution in [0.1, 0.15) is 6.42 Å². The molecule has 11 heavy (non-hydrogen) atoms. The maximum Gasteiger partial charge on any atom is 0.107 e. The Balaban J connectivity index is 2.08. The fraction of sp³-hybridized carbons (Fsp3) is 0.857. The molecule has 3 atom stereocenters. The number of nitrogens with zero attached hydrogens (tertiary/aromatic N) is 1. The summed E-state index contributed by atoms with van der Waals surface area (Å²) in [4.78, 5) is 3.86. The van der Waals surface area contributed by atoms with Crippen molar-refractivity contribution >= 4 is 29.2 Å². The largest absolute Gasteiger partial charge is 0.411 e. The Kier molecular flexibility index (Phi) is 1.78. The fourth-order valence-electron chi connectivity index (χ4n) is 2.23. The number of hydrogen-bond donors (Lipinski definition) is 1. The van der Waals surface area contributed by atoms with Crippen LogP contribution in [0.3, 0.4) is 0 Å². The van der Waals surface area contributed by atoms with Crippen molar-refractivity contribution < 1.29 is 4.90 Å². The Hall–Kier alpha value is 0.0700. The summed E-state index contributed by atoms with van der Waals surface area (Å²) in [6.45, 7) is 2.32. The van der Waals surface area contributed by atoms with E-state index in [0.29, 0.717) is 10.4 Å². The molecule has 2 aliphatic heterocycles. The lowest BCUT2D eigenvalue weighted by molar-refractivity contribution is -0.896. The lowest BCUT2D eigenvalue weighted by Crippen LogP contribution is -3.13. The minimum atomic E-state index is 0.657. The number of piperazine rings is 1. The van der Waals surface area contributed by atoms with E-state index in [-0.39, 0.29) is 0 Å². The highest BCUT2D eigenvalue weighted by atomic mass is 32.1. The summed E-state index contributed by atoms with van der Waals surface area (Å²) in [5, 5.41) is 0. The second-order valence-electron chi connectivity index (χ2n) is 3.56. The Bertz CT molecular complexity index is 193. The van der Waals surface area contributed by atoms with E-state index in [0.717, 1.165) is 12.6 Å². The minimum absolute atomic E-state index is 0.657. The van der Waals surface area contributed by atoms with Gasteiger partial charge in [0.25, 0.3) is 0 Å². The van der Waals surface area contributed by atoms with Gasteiger partial charge in [-0.1, -0.05) is 4.32 Å². The quantitative estimate of drug-likeness (QED) is 0.377. The monoisotopic (exact) mass is 188 g/mol. The molecule has 2 fully saturated rings. The van der Waals surface area contributed by atoms with Crippen LogP contribution < -0.4 is 4.90 Å². The molecule has 0 aromatic rings. The second-order valence-corrected chi connectivity index (χ2v) is 4.59. The molecular weight excluding hydrogens is 176 g/mol. The molecule has 0 aromatic heterocycles. The average Bonchev–Trinajstić information content (AvgIpc) is 2.43. The zero-order valence-electron chi connectivity index (χ0n) is 6.54. The zero-order valence-corrected chi connectivity index (χ0v) is 8.17. The highest BCUT2D eigenvalue weighted by molar-refractivity contribution is 8.00. The van der Waals surface area contributed by atoms with Crippen LogP contribution in [0, 0.1) is 0 Å². The first-order chi connectivity index (χ1) is 5.18. The average molecular weight is 188 g/mol. The first kappa shape index (κ1) is 7.71. The molecule has 2 nitrogen and oxygen atoms in total. The summed E-state index contributed by atoms with van der Waals surface area (Å²) in [6.07, 6.45) is 1.29. The van der Waals surface area contributed by atoms with Crippen molar-refractivity contribution in [2.45, 2.75) is 18.5 Å². The van der Waals surface area contributed by atoms with Gasteiger partial charge in [-0.15, -0.1) is 0 Å². The van der Waals surface area contributed by atoms with E-state index >= 15 is 0 Å². The van der Waals surface area contributed by atoms with Crippen LogP contribution in [0.2, 0.25) is 0 Å². The molecule has 2 saturated heterocycles. The van der Waals surface area contributed by atoms with Gasteiger partial charge in [0.15, 0.2) is 0 Å². The molecule has 3 unspecified atom stereocenters. The Labute approximate surface area is 78.0 Å². The molecule has 0 amide bonds. The number of likely N-dealkylation sites (tertiary alicyclic amines) is 2. The summed E-state index contributed by atoms with van der Waals surface area (Å²) in [5.74, 6) is 0. The van der Waals surface area contributed by atoms with Crippen LogP contribution in [0.5, 0.6) is 0 Å². The fourth-order valence-corrected chi connectivity index (χ4v) is 2.68. The Morgan fingerprint density at radius 1 is 1.73 bits per heavy atom. The molecule has 2 bridgehead atoms. The Morgan fingerprint density at radius 2 is 2.45 bits per heavy atom. The third-order valence-corrected chi connectivity index (χ3v) is 3.37. The predicted octanol–water partition coefficient (Wildman–Crippen LogP) is -1.21. The second kappa shape index (κ2) is 2.54. The van der Waals surface area contributed by atoms with Crippen LogP contribution in [0.4, 0.5) is 0 Å². The number of fused-ring (bicyclic) bond motifs is 2. The molecule has 0 saturated carbocycles. The van der Waals surface area contributed by atoms with Crippen LogP contribution in [-0.4, -0.2) is 41.4 Å². The summed E-state index contributed by atoms with van der Waals surface area (Å²) < 4.78 is 0.671. The lowest BCUT2D eigenvalue weighted by Gasteiger charge is -2.33. The molecule has 0 spiro atoms. The molecule has 2 aliphatic rings. The molecule has 2 heterocycles. The standard InChI is InChI=1S/C7H12N2S2/c1-8-3-6-2-5(8)4-9(6)7(10)11/h5-6H,2-4H2,1H3,(H,10,11). The van der Waals surface area contributed by atoms with Crippen molar-refractivity contribution in [2.24, 2.45) is 0 Å². The summed E-state index contributed by atoms with van der Waals surface area (Å²) in [7, 11) is 2.26. The van der Waals surface area contributed by atoms with Gasteiger partial charge in [0.2, 0.25) is 0 Å². The number of quaternary nitrogens is 1. The van der Waals surface area contributed by atoms with Gasteiger partial charge in [0.1, 0.15) is 6.04 Å². The van der Waals surface area contributed by atoms with Crippen LogP contribution in [0.15, 0.2) is 0 Å². The van der Waals surface area contributed by atoms with Gasteiger partial charge in [-0.3, -0.25) is 0 Å². The first-order valence-electron chi connectivity index (χ1n) is 3.98. The summed E-state index contributed by atoms with van der Waals surface area (Å²) >= 11 is 9.98. The lowest BCUT2D eigenvalue weighted by atomic mass is 10.2. The number of thiocarbonyl (C=S) groups is 1. The molecule has 0 aromatic carbocycles. The summed E-state index contributed by atoms with van der Waals surface area (Å²) in [6, 6.07) is 1.45. The van der Waals surface area contributed by atoms with E-state index in [1.165, 1.54) is 13.0 Å². The molecule has 2 rings (SSSR count). The van der Waals surface area contributed by atoms with Crippen molar-refractivity contribution in [3.05, 3.63) is 0 Å². The van der Waals surface area contributed by atoms with Gasteiger partial charge in [-0.25, -0.2) is 0 Å². The normalized spacial score (nSPS) is 41.5. The maximum atomic E-state index is 4.99. The van der Waals surface area contributed by atoms with Crippen molar-refractivity contribution in [2.75, 3.05) is 20.1 Å². The number of nitrogens with one attached hydrogen (secondary N) is 1. The maximum absolute atomic E-state index is 4.99. The molecule has 0 radical (unpaired) electrons. The zero-order chi connectivity index (χ0) is 8.01. The van der Waals surface area contributed by atoms with Gasteiger partial charge in [-0.05, 0) is 0 Å². The molecular formula is C7H12N2S2. The smallest absolute Gasteiger partial charge is 0.107 e. The van der Waals surface area contributed by atoms with Crippen LogP contribution >= 0.6 is 12.2 Å². The Morgan fingerprint density at radius 3 is 2.82 bits per heavy atom. The topological polar surface area (TPSA) is 7.68 Å². The van der Waals surface area contributed by atoms with E-state index < -0.39 is 0 Å². The highest BCUT2D eigenvalue weighted by Gasteiger charge is 2.44. The number of rotatable bonds is 0. The molecule has 1 N–H and O–H groups in total. The SMILES string of the molecule is C[NH+]1CC2CC1CN2C(=S)[S-]. The molecule has 4 heteroatoms. The third-order valence-electron chi connectivity index (χ3n) is 2.90. The van der Waals surface area contributed by atoms with Gasteiger partial charge in [0.05, 0.1) is 26.2 Å². The summed E-state index contributed by atoms with van der Waals surface area (Å²) in [5.41, 5.74) is 0. The van der Waals surface area contributed by atoms with Crippen molar-refractivity contribution in [3.63, 3.8) is 0 Å². The third kappa shape index (κ3) is 1.13. The molecule has 62 valence electrons. The van der Waals surface area contributed by atoms with Gasteiger partial charge in [0, 0.05) is 6.42 Å². The van der Waals surface area contributed by atoms with Crippen LogP contribution in [-0.2, 0) is 12.6 Å². The number of likely N-dealkylation sites (N-methyl/N-ethyl adjacent to an activating group) is 1. The van der Waals surface area contributed by atoms with E-state index in [1.54, 1.807) is 4.90 Å². The van der Waals surface area contributed by atoms with E-state index in [4.69, 9.17) is 24.8 Å². The van der Waals surface area contributed by atoms with Crippen molar-refractivity contribution in [3.8, 4) is 0 Å². The van der Waals surface area contributed by atoms with E-state index in [9.17, 15) is 0 Å². The van der Waals surface area contributed by atoms with E-state index in [2.05, 4.69) is 11.9 Å². The van der Waals surface area contributed by atoms with Crippen LogP contribution in [0.25, 0.3) is 0 Å². The number of hydrogen-bond acceptors (Lipinski definition) is 2. The van der Waals surface area contributed by atoms with Gasteiger partial charge < -0.3 is 34.6 Å². The first-order valence-corrected chi connectivity index (χ1v) is 4.80.